The Labute approximate surface area is 178 Å². The van der Waals surface area contributed by atoms with Gasteiger partial charge in [-0.25, -0.2) is 4.99 Å². The fourth-order valence-electron chi connectivity index (χ4n) is 2.80. The average molecular weight is 420 g/mol. The highest BCUT2D eigenvalue weighted by atomic mass is 35.5. The molecule has 142 valence electrons. The van der Waals surface area contributed by atoms with Crippen molar-refractivity contribution in [2.24, 2.45) is 10.1 Å². The van der Waals surface area contributed by atoms with Crippen LogP contribution in [0.3, 0.4) is 0 Å². The van der Waals surface area contributed by atoms with E-state index in [0.717, 1.165) is 16.7 Å². The standard InChI is InChI=1S/C23H15Cl2N3O/c24-19-12-10-16(11-13-19)15-26-28-22(17-6-2-1-3-7-17)27-21(23(28)29)14-18-8-4-5-9-20(18)25/h1-15H/b21-14-,26-15+. The van der Waals surface area contributed by atoms with Gasteiger partial charge in [0.2, 0.25) is 0 Å². The fraction of sp³-hybridized carbons (Fsp3) is 0. The van der Waals surface area contributed by atoms with Gasteiger partial charge in [-0.05, 0) is 35.4 Å². The quantitative estimate of drug-likeness (QED) is 0.397. The fourth-order valence-corrected chi connectivity index (χ4v) is 3.12. The molecule has 1 aliphatic rings. The molecule has 0 aromatic heterocycles. The van der Waals surface area contributed by atoms with Crippen molar-refractivity contribution in [1.29, 1.82) is 0 Å². The van der Waals surface area contributed by atoms with Crippen LogP contribution in [0.2, 0.25) is 10.0 Å². The molecule has 0 fully saturated rings. The molecule has 0 saturated carbocycles. The topological polar surface area (TPSA) is 45.0 Å². The average Bonchev–Trinajstić information content (AvgIpc) is 3.05. The van der Waals surface area contributed by atoms with Crippen molar-refractivity contribution in [3.63, 3.8) is 0 Å². The molecule has 0 N–H and O–H groups in total. The zero-order chi connectivity index (χ0) is 20.2. The van der Waals surface area contributed by atoms with Crippen LogP contribution in [0.15, 0.2) is 94.7 Å². The summed E-state index contributed by atoms with van der Waals surface area (Å²) in [5.74, 6) is 0.133. The lowest BCUT2D eigenvalue weighted by Crippen LogP contribution is -2.27. The van der Waals surface area contributed by atoms with Crippen molar-refractivity contribution >= 4 is 47.2 Å². The van der Waals surface area contributed by atoms with E-state index < -0.39 is 0 Å². The molecule has 0 saturated heterocycles. The molecule has 0 bridgehead atoms. The molecule has 4 rings (SSSR count). The minimum atomic E-state index is -0.325. The third kappa shape index (κ3) is 4.29. The molecule has 0 spiro atoms. The minimum absolute atomic E-state index is 0.269. The molecule has 0 aliphatic carbocycles. The van der Waals surface area contributed by atoms with E-state index in [-0.39, 0.29) is 11.6 Å². The van der Waals surface area contributed by atoms with Crippen LogP contribution in [-0.4, -0.2) is 23.0 Å². The molecule has 0 unspecified atom stereocenters. The Hall–Kier alpha value is -3.21. The molecule has 3 aromatic rings. The van der Waals surface area contributed by atoms with E-state index in [0.29, 0.717) is 15.9 Å². The summed E-state index contributed by atoms with van der Waals surface area (Å²) < 4.78 is 0. The summed E-state index contributed by atoms with van der Waals surface area (Å²) in [7, 11) is 0. The Morgan fingerprint density at radius 1 is 0.862 bits per heavy atom. The molecule has 1 heterocycles. The number of hydrogen-bond acceptors (Lipinski definition) is 3. The summed E-state index contributed by atoms with van der Waals surface area (Å²) in [6.45, 7) is 0. The van der Waals surface area contributed by atoms with E-state index >= 15 is 0 Å². The van der Waals surface area contributed by atoms with Gasteiger partial charge in [-0.3, -0.25) is 4.79 Å². The number of amidine groups is 1. The lowest BCUT2D eigenvalue weighted by atomic mass is 10.2. The van der Waals surface area contributed by atoms with Crippen LogP contribution in [0, 0.1) is 0 Å². The molecule has 1 aliphatic heterocycles. The van der Waals surface area contributed by atoms with Gasteiger partial charge < -0.3 is 0 Å². The smallest absolute Gasteiger partial charge is 0.265 e. The number of rotatable bonds is 4. The maximum atomic E-state index is 13.0. The number of benzene rings is 3. The maximum Gasteiger partial charge on any atom is 0.298 e. The van der Waals surface area contributed by atoms with Crippen LogP contribution < -0.4 is 0 Å². The first kappa shape index (κ1) is 19.1. The first-order valence-corrected chi connectivity index (χ1v) is 9.62. The van der Waals surface area contributed by atoms with Gasteiger partial charge >= 0.3 is 0 Å². The van der Waals surface area contributed by atoms with Crippen LogP contribution >= 0.6 is 23.2 Å². The van der Waals surface area contributed by atoms with Crippen LogP contribution in [0.25, 0.3) is 6.08 Å². The molecule has 0 atom stereocenters. The lowest BCUT2D eigenvalue weighted by Gasteiger charge is -2.11. The Balaban J connectivity index is 1.73. The lowest BCUT2D eigenvalue weighted by molar-refractivity contribution is -0.122. The number of carbonyl (C=O) groups excluding carboxylic acids is 1. The van der Waals surface area contributed by atoms with Crippen molar-refractivity contribution < 1.29 is 4.79 Å². The zero-order valence-electron chi connectivity index (χ0n) is 15.2. The third-order valence-corrected chi connectivity index (χ3v) is 4.86. The summed E-state index contributed by atoms with van der Waals surface area (Å²) in [4.78, 5) is 17.6. The highest BCUT2D eigenvalue weighted by Crippen LogP contribution is 2.25. The van der Waals surface area contributed by atoms with Gasteiger partial charge in [0.1, 0.15) is 5.70 Å². The predicted molar refractivity (Wildman–Crippen MR) is 118 cm³/mol. The van der Waals surface area contributed by atoms with Crippen molar-refractivity contribution in [2.45, 2.75) is 0 Å². The monoisotopic (exact) mass is 419 g/mol. The van der Waals surface area contributed by atoms with E-state index in [1.54, 1.807) is 30.5 Å². The highest BCUT2D eigenvalue weighted by molar-refractivity contribution is 6.32. The van der Waals surface area contributed by atoms with Crippen LogP contribution in [0.1, 0.15) is 16.7 Å². The largest absolute Gasteiger partial charge is 0.298 e. The Bertz CT molecular complexity index is 1140. The van der Waals surface area contributed by atoms with Crippen molar-refractivity contribution in [3.05, 3.63) is 111 Å². The van der Waals surface area contributed by atoms with Crippen molar-refractivity contribution in [1.82, 2.24) is 5.01 Å². The Kier molecular flexibility index (Phi) is 5.56. The van der Waals surface area contributed by atoms with E-state index in [9.17, 15) is 4.79 Å². The number of hydrogen-bond donors (Lipinski definition) is 0. The van der Waals surface area contributed by atoms with Gasteiger partial charge in [0, 0.05) is 15.6 Å². The molecule has 0 radical (unpaired) electrons. The molecular weight excluding hydrogens is 405 g/mol. The summed E-state index contributed by atoms with van der Waals surface area (Å²) in [6.07, 6.45) is 3.27. The van der Waals surface area contributed by atoms with Gasteiger partial charge in [0.15, 0.2) is 5.84 Å². The highest BCUT2D eigenvalue weighted by Gasteiger charge is 2.31. The Morgan fingerprint density at radius 3 is 2.28 bits per heavy atom. The van der Waals surface area contributed by atoms with Gasteiger partial charge in [-0.2, -0.15) is 10.1 Å². The SMILES string of the molecule is O=C1/C(=C/c2ccccc2Cl)N=C(c2ccccc2)N1/N=C/c1ccc(Cl)cc1. The second-order valence-electron chi connectivity index (χ2n) is 6.27. The first-order chi connectivity index (χ1) is 14.1. The normalized spacial score (nSPS) is 15.4. The van der Waals surface area contributed by atoms with E-state index in [1.165, 1.54) is 5.01 Å². The summed E-state index contributed by atoms with van der Waals surface area (Å²) in [6, 6.07) is 23.9. The van der Waals surface area contributed by atoms with Gasteiger partial charge in [-0.15, -0.1) is 0 Å². The van der Waals surface area contributed by atoms with Crippen LogP contribution in [0.5, 0.6) is 0 Å². The number of nitrogens with zero attached hydrogens (tertiary/aromatic N) is 3. The van der Waals surface area contributed by atoms with E-state index in [1.807, 2.05) is 60.7 Å². The third-order valence-electron chi connectivity index (χ3n) is 4.26. The number of carbonyl (C=O) groups is 1. The molecule has 1 amide bonds. The van der Waals surface area contributed by atoms with Crippen LogP contribution in [-0.2, 0) is 4.79 Å². The summed E-state index contributed by atoms with van der Waals surface area (Å²) >= 11 is 12.2. The summed E-state index contributed by atoms with van der Waals surface area (Å²) in [5, 5.41) is 6.87. The van der Waals surface area contributed by atoms with Gasteiger partial charge in [-0.1, -0.05) is 83.9 Å². The van der Waals surface area contributed by atoms with Gasteiger partial charge in [0.25, 0.3) is 5.91 Å². The number of aliphatic imine (C=N–C) groups is 1. The number of halogens is 2. The van der Waals surface area contributed by atoms with Crippen molar-refractivity contribution in [3.8, 4) is 0 Å². The second-order valence-corrected chi connectivity index (χ2v) is 7.11. The van der Waals surface area contributed by atoms with Crippen LogP contribution in [0.4, 0.5) is 0 Å². The van der Waals surface area contributed by atoms with E-state index in [4.69, 9.17) is 23.2 Å². The predicted octanol–water partition coefficient (Wildman–Crippen LogP) is 5.66. The van der Waals surface area contributed by atoms with Gasteiger partial charge in [0.05, 0.1) is 6.21 Å². The first-order valence-electron chi connectivity index (χ1n) is 8.86. The van der Waals surface area contributed by atoms with Crippen molar-refractivity contribution in [2.75, 3.05) is 0 Å². The molecule has 29 heavy (non-hydrogen) atoms. The molecule has 6 heteroatoms. The Morgan fingerprint density at radius 2 is 1.55 bits per heavy atom. The molecular formula is C23H15Cl2N3O. The number of hydrazone groups is 1. The summed E-state index contributed by atoms with van der Waals surface area (Å²) in [5.41, 5.74) is 2.59. The maximum absolute atomic E-state index is 13.0. The second kappa shape index (κ2) is 8.43. The minimum Gasteiger partial charge on any atom is -0.265 e. The number of amides is 1. The molecule has 3 aromatic carbocycles. The van der Waals surface area contributed by atoms with E-state index in [2.05, 4.69) is 10.1 Å². The molecule has 4 nitrogen and oxygen atoms in total. The zero-order valence-corrected chi connectivity index (χ0v) is 16.7.